The van der Waals surface area contributed by atoms with Crippen LogP contribution in [0.2, 0.25) is 5.02 Å². The molecular formula is C23H25ClN2O. The van der Waals surface area contributed by atoms with Crippen LogP contribution in [0.15, 0.2) is 66.7 Å². The molecule has 1 aliphatic rings. The van der Waals surface area contributed by atoms with Crippen LogP contribution in [-0.4, -0.2) is 49.1 Å². The first kappa shape index (κ1) is 18.3. The van der Waals surface area contributed by atoms with Gasteiger partial charge >= 0.3 is 0 Å². The number of nitrogens with zero attached hydrogens (tertiary/aromatic N) is 2. The van der Waals surface area contributed by atoms with Crippen molar-refractivity contribution in [1.29, 1.82) is 0 Å². The molecule has 0 amide bonds. The summed E-state index contributed by atoms with van der Waals surface area (Å²) in [4.78, 5) is 4.99. The molecule has 1 heterocycles. The van der Waals surface area contributed by atoms with E-state index < -0.39 is 0 Å². The van der Waals surface area contributed by atoms with Gasteiger partial charge in [0.2, 0.25) is 0 Å². The highest BCUT2D eigenvalue weighted by Crippen LogP contribution is 2.20. The van der Waals surface area contributed by atoms with E-state index in [0.717, 1.165) is 56.6 Å². The standard InChI is InChI=1S/C23H25ClN2O/c24-22-8-5-19(6-9-22)18-26-13-11-25(12-14-26)15-16-27-23-10-7-20-3-1-2-4-21(20)17-23/h1-10,17H,11-16,18H2. The Labute approximate surface area is 166 Å². The van der Waals surface area contributed by atoms with Crippen LogP contribution in [-0.2, 0) is 6.54 Å². The lowest BCUT2D eigenvalue weighted by atomic mass is 10.1. The number of ether oxygens (including phenoxy) is 1. The predicted octanol–water partition coefficient (Wildman–Crippen LogP) is 4.69. The molecule has 0 aliphatic carbocycles. The van der Waals surface area contributed by atoms with Gasteiger partial charge in [0.05, 0.1) is 0 Å². The molecule has 1 aliphatic heterocycles. The summed E-state index contributed by atoms with van der Waals surface area (Å²) in [5.41, 5.74) is 1.33. The van der Waals surface area contributed by atoms with Gasteiger partial charge in [-0.2, -0.15) is 0 Å². The van der Waals surface area contributed by atoms with Gasteiger partial charge in [0.25, 0.3) is 0 Å². The van der Waals surface area contributed by atoms with E-state index in [1.54, 1.807) is 0 Å². The van der Waals surface area contributed by atoms with Gasteiger partial charge in [0.15, 0.2) is 0 Å². The summed E-state index contributed by atoms with van der Waals surface area (Å²) in [6, 6.07) is 22.9. The monoisotopic (exact) mass is 380 g/mol. The zero-order valence-corrected chi connectivity index (χ0v) is 16.2. The van der Waals surface area contributed by atoms with Gasteiger partial charge < -0.3 is 4.74 Å². The van der Waals surface area contributed by atoms with Crippen molar-refractivity contribution < 1.29 is 4.74 Å². The maximum atomic E-state index is 5.98. The van der Waals surface area contributed by atoms with Gasteiger partial charge in [-0.25, -0.2) is 0 Å². The van der Waals surface area contributed by atoms with Gasteiger partial charge in [-0.05, 0) is 40.6 Å². The average molecular weight is 381 g/mol. The summed E-state index contributed by atoms with van der Waals surface area (Å²) < 4.78 is 5.98. The molecule has 0 spiro atoms. The fourth-order valence-corrected chi connectivity index (χ4v) is 3.69. The van der Waals surface area contributed by atoms with Crippen molar-refractivity contribution in [2.45, 2.75) is 6.54 Å². The van der Waals surface area contributed by atoms with Crippen molar-refractivity contribution in [2.24, 2.45) is 0 Å². The van der Waals surface area contributed by atoms with Crippen LogP contribution in [0.3, 0.4) is 0 Å². The molecule has 140 valence electrons. The molecule has 0 atom stereocenters. The minimum absolute atomic E-state index is 0.732. The summed E-state index contributed by atoms with van der Waals surface area (Å²) >= 11 is 5.96. The molecule has 3 aromatic rings. The third kappa shape index (κ3) is 5.01. The van der Waals surface area contributed by atoms with E-state index in [1.807, 2.05) is 12.1 Å². The first-order valence-electron chi connectivity index (χ1n) is 9.57. The number of hydrogen-bond acceptors (Lipinski definition) is 3. The first-order chi connectivity index (χ1) is 13.3. The zero-order valence-electron chi connectivity index (χ0n) is 15.5. The van der Waals surface area contributed by atoms with Gasteiger partial charge in [0, 0.05) is 44.3 Å². The van der Waals surface area contributed by atoms with Gasteiger partial charge in [-0.3, -0.25) is 9.80 Å². The second kappa shape index (κ2) is 8.75. The number of hydrogen-bond donors (Lipinski definition) is 0. The molecular weight excluding hydrogens is 356 g/mol. The van der Waals surface area contributed by atoms with Crippen molar-refractivity contribution in [1.82, 2.24) is 9.80 Å². The summed E-state index contributed by atoms with van der Waals surface area (Å²) in [5, 5.41) is 3.28. The quantitative estimate of drug-likeness (QED) is 0.617. The second-order valence-corrected chi connectivity index (χ2v) is 7.54. The molecule has 27 heavy (non-hydrogen) atoms. The normalized spacial score (nSPS) is 15.9. The number of benzene rings is 3. The van der Waals surface area contributed by atoms with Gasteiger partial charge in [-0.1, -0.05) is 54.1 Å². The molecule has 3 nitrogen and oxygen atoms in total. The lowest BCUT2D eigenvalue weighted by molar-refractivity contribution is 0.112. The molecule has 0 radical (unpaired) electrons. The molecule has 0 saturated carbocycles. The minimum Gasteiger partial charge on any atom is -0.492 e. The van der Waals surface area contributed by atoms with Crippen LogP contribution in [0.1, 0.15) is 5.56 Å². The van der Waals surface area contributed by atoms with Crippen LogP contribution in [0.4, 0.5) is 0 Å². The Morgan fingerprint density at radius 3 is 2.26 bits per heavy atom. The van der Waals surface area contributed by atoms with E-state index >= 15 is 0 Å². The number of piperazine rings is 1. The Kier molecular flexibility index (Phi) is 5.93. The molecule has 1 fully saturated rings. The smallest absolute Gasteiger partial charge is 0.120 e. The molecule has 3 aromatic carbocycles. The molecule has 1 saturated heterocycles. The van der Waals surface area contributed by atoms with Crippen molar-refractivity contribution in [3.05, 3.63) is 77.3 Å². The van der Waals surface area contributed by atoms with E-state index in [-0.39, 0.29) is 0 Å². The number of fused-ring (bicyclic) bond motifs is 1. The van der Waals surface area contributed by atoms with E-state index in [0.29, 0.717) is 0 Å². The van der Waals surface area contributed by atoms with Crippen LogP contribution in [0.5, 0.6) is 5.75 Å². The van der Waals surface area contributed by atoms with Crippen molar-refractivity contribution in [2.75, 3.05) is 39.3 Å². The third-order valence-corrected chi connectivity index (χ3v) is 5.43. The van der Waals surface area contributed by atoms with Crippen LogP contribution in [0, 0.1) is 0 Å². The Bertz CT molecular complexity index is 873. The van der Waals surface area contributed by atoms with Gasteiger partial charge in [-0.15, -0.1) is 0 Å². The zero-order chi connectivity index (χ0) is 18.5. The Morgan fingerprint density at radius 2 is 1.48 bits per heavy atom. The number of rotatable bonds is 6. The molecule has 0 unspecified atom stereocenters. The van der Waals surface area contributed by atoms with E-state index in [9.17, 15) is 0 Å². The fraction of sp³-hybridized carbons (Fsp3) is 0.304. The van der Waals surface area contributed by atoms with Crippen LogP contribution in [0.25, 0.3) is 10.8 Å². The van der Waals surface area contributed by atoms with Crippen LogP contribution < -0.4 is 4.74 Å². The van der Waals surface area contributed by atoms with Crippen molar-refractivity contribution in [3.8, 4) is 5.75 Å². The Balaban J connectivity index is 1.20. The topological polar surface area (TPSA) is 15.7 Å². The maximum Gasteiger partial charge on any atom is 0.120 e. The predicted molar refractivity (Wildman–Crippen MR) is 113 cm³/mol. The highest BCUT2D eigenvalue weighted by atomic mass is 35.5. The Hall–Kier alpha value is -2.07. The number of halogens is 1. The van der Waals surface area contributed by atoms with Crippen molar-refractivity contribution in [3.63, 3.8) is 0 Å². The largest absolute Gasteiger partial charge is 0.492 e. The summed E-state index contributed by atoms with van der Waals surface area (Å²) in [7, 11) is 0. The fourth-order valence-electron chi connectivity index (χ4n) is 3.57. The molecule has 0 aromatic heterocycles. The highest BCUT2D eigenvalue weighted by Gasteiger charge is 2.16. The summed E-state index contributed by atoms with van der Waals surface area (Å²) in [6.07, 6.45) is 0. The minimum atomic E-state index is 0.732. The molecule has 0 bridgehead atoms. The lowest BCUT2D eigenvalue weighted by Gasteiger charge is -2.34. The average Bonchev–Trinajstić information content (AvgIpc) is 2.71. The molecule has 4 heteroatoms. The molecule has 0 N–H and O–H groups in total. The van der Waals surface area contributed by atoms with Crippen molar-refractivity contribution >= 4 is 22.4 Å². The van der Waals surface area contributed by atoms with E-state index in [2.05, 4.69) is 64.4 Å². The first-order valence-corrected chi connectivity index (χ1v) is 9.95. The third-order valence-electron chi connectivity index (χ3n) is 5.18. The second-order valence-electron chi connectivity index (χ2n) is 7.10. The SMILES string of the molecule is Clc1ccc(CN2CCN(CCOc3ccc4ccccc4c3)CC2)cc1. The maximum absolute atomic E-state index is 5.98. The summed E-state index contributed by atoms with van der Waals surface area (Å²) in [5.74, 6) is 0.954. The lowest BCUT2D eigenvalue weighted by Crippen LogP contribution is -2.47. The molecule has 4 rings (SSSR count). The van der Waals surface area contributed by atoms with Gasteiger partial charge in [0.1, 0.15) is 12.4 Å². The highest BCUT2D eigenvalue weighted by molar-refractivity contribution is 6.30. The van der Waals surface area contributed by atoms with Crippen LogP contribution >= 0.6 is 11.6 Å². The van der Waals surface area contributed by atoms with E-state index in [1.165, 1.54) is 16.3 Å². The summed E-state index contributed by atoms with van der Waals surface area (Å²) in [6.45, 7) is 7.08. The Morgan fingerprint density at radius 1 is 0.778 bits per heavy atom. The van der Waals surface area contributed by atoms with E-state index in [4.69, 9.17) is 16.3 Å².